The molecule has 0 aromatic heterocycles. The molecule has 0 bridgehead atoms. The Balaban J connectivity index is 1.54. The zero-order valence-electron chi connectivity index (χ0n) is 52.3. The molecule has 12 unspecified atom stereocenters. The number of amides is 1. The lowest BCUT2D eigenvalue weighted by Gasteiger charge is -2.46. The summed E-state index contributed by atoms with van der Waals surface area (Å²) in [6, 6.07) is -0.822. The van der Waals surface area contributed by atoms with E-state index in [1.807, 2.05) is 0 Å². The maximum absolute atomic E-state index is 13.3. The van der Waals surface area contributed by atoms with Crippen molar-refractivity contribution in [1.29, 1.82) is 0 Å². The van der Waals surface area contributed by atoms with Crippen LogP contribution in [0.25, 0.3) is 0 Å². The number of aliphatic hydroxyl groups excluding tert-OH is 8. The van der Waals surface area contributed by atoms with Crippen LogP contribution in [0.3, 0.4) is 0 Å². The number of hydrogen-bond acceptors (Lipinski definition) is 13. The Bertz CT molecular complexity index is 1360. The Labute approximate surface area is 495 Å². The summed E-state index contributed by atoms with van der Waals surface area (Å²) < 4.78 is 22.8. The lowest BCUT2D eigenvalue weighted by molar-refractivity contribution is -0.359. The molecule has 0 aliphatic carbocycles. The molecule has 9 N–H and O–H groups in total. The minimum Gasteiger partial charge on any atom is -0.394 e. The van der Waals surface area contributed by atoms with Crippen molar-refractivity contribution in [2.24, 2.45) is 0 Å². The largest absolute Gasteiger partial charge is 0.394 e. The zero-order valence-corrected chi connectivity index (χ0v) is 52.3. The van der Waals surface area contributed by atoms with Gasteiger partial charge in [-0.25, -0.2) is 0 Å². The highest BCUT2D eigenvalue weighted by Crippen LogP contribution is 2.30. The molecule has 0 radical (unpaired) electrons. The van der Waals surface area contributed by atoms with E-state index in [9.17, 15) is 45.6 Å². The number of unbranched alkanes of at least 4 members (excludes halogenated alkanes) is 45. The lowest BCUT2D eigenvalue weighted by Crippen LogP contribution is -2.65. The van der Waals surface area contributed by atoms with Crippen molar-refractivity contribution >= 4 is 5.91 Å². The Kier molecular flexibility index (Phi) is 50.0. The van der Waals surface area contributed by atoms with Crippen molar-refractivity contribution in [1.82, 2.24) is 5.32 Å². The summed E-state index contributed by atoms with van der Waals surface area (Å²) in [6.45, 7) is 2.89. The molecule has 2 fully saturated rings. The standard InChI is InChI=1S/C67H131NO13/c1-3-5-7-9-11-13-15-16-17-18-19-20-21-22-23-24-25-26-27-28-29-30-31-32-33-34-35-36-37-38-39-41-43-45-47-49-51-59(72)68-55(56(71)50-48-46-44-42-40-14-12-10-8-6-4-2)54-78-66-64(77)62(75)65(58(53-70)80-66)81-67-63(76)61(74)60(73)57(52-69)79-67/h55-58,60-67,69-71,73-77H,3-54H2,1-2H3,(H,68,72). The first kappa shape index (κ1) is 76.1. The van der Waals surface area contributed by atoms with E-state index in [0.29, 0.717) is 12.8 Å². The maximum atomic E-state index is 13.3. The third kappa shape index (κ3) is 38.0. The fraction of sp³-hybridized carbons (Fsp3) is 0.985. The summed E-state index contributed by atoms with van der Waals surface area (Å²) in [5.74, 6) is -0.200. The molecule has 14 heteroatoms. The number of hydrogen-bond donors (Lipinski definition) is 9. The number of rotatable bonds is 58. The first-order chi connectivity index (χ1) is 39.6. The number of carbonyl (C=O) groups is 1. The topological polar surface area (TPSA) is 228 Å². The van der Waals surface area contributed by atoms with Gasteiger partial charge in [-0.05, 0) is 12.8 Å². The van der Waals surface area contributed by atoms with Gasteiger partial charge in [0.05, 0.1) is 32.0 Å². The monoisotopic (exact) mass is 1160 g/mol. The molecular formula is C67H131NO13. The van der Waals surface area contributed by atoms with E-state index in [4.69, 9.17) is 18.9 Å². The van der Waals surface area contributed by atoms with Crippen LogP contribution in [-0.4, -0.2) is 140 Å². The van der Waals surface area contributed by atoms with Crippen molar-refractivity contribution in [3.8, 4) is 0 Å². The van der Waals surface area contributed by atoms with Crippen LogP contribution in [0.1, 0.15) is 328 Å². The molecule has 1 amide bonds. The molecule has 0 saturated carbocycles. The quantitative estimate of drug-likeness (QED) is 0.0259. The number of aliphatic hydroxyl groups is 8. The minimum atomic E-state index is -1.78. The lowest BCUT2D eigenvalue weighted by atomic mass is 9.97. The van der Waals surface area contributed by atoms with Gasteiger partial charge in [-0.3, -0.25) is 4.79 Å². The average molecular weight is 1160 g/mol. The summed E-state index contributed by atoms with van der Waals surface area (Å²) >= 11 is 0. The zero-order chi connectivity index (χ0) is 58.8. The molecule has 12 atom stereocenters. The van der Waals surface area contributed by atoms with Crippen LogP contribution >= 0.6 is 0 Å². The van der Waals surface area contributed by atoms with Crippen LogP contribution in [0.5, 0.6) is 0 Å². The molecule has 2 aliphatic rings. The van der Waals surface area contributed by atoms with E-state index in [1.54, 1.807) is 0 Å². The molecule has 0 aromatic rings. The second-order valence-corrected chi connectivity index (χ2v) is 25.0. The van der Waals surface area contributed by atoms with Gasteiger partial charge in [-0.2, -0.15) is 0 Å². The summed E-state index contributed by atoms with van der Waals surface area (Å²) in [7, 11) is 0. The van der Waals surface area contributed by atoms with E-state index < -0.39 is 86.8 Å². The van der Waals surface area contributed by atoms with Crippen LogP contribution in [0.2, 0.25) is 0 Å². The van der Waals surface area contributed by atoms with Crippen LogP contribution < -0.4 is 5.32 Å². The molecule has 14 nitrogen and oxygen atoms in total. The van der Waals surface area contributed by atoms with E-state index in [0.717, 1.165) is 51.4 Å². The summed E-state index contributed by atoms with van der Waals surface area (Å²) in [4.78, 5) is 13.3. The van der Waals surface area contributed by atoms with Gasteiger partial charge in [0, 0.05) is 6.42 Å². The van der Waals surface area contributed by atoms with Crippen molar-refractivity contribution in [2.45, 2.75) is 402 Å². The first-order valence-corrected chi connectivity index (χ1v) is 34.8. The molecule has 482 valence electrons. The summed E-state index contributed by atoms with van der Waals surface area (Å²) in [5.41, 5.74) is 0. The van der Waals surface area contributed by atoms with Crippen molar-refractivity contribution in [3.05, 3.63) is 0 Å². The summed E-state index contributed by atoms with van der Waals surface area (Å²) in [6.07, 6.45) is 45.9. The third-order valence-corrected chi connectivity index (χ3v) is 17.6. The van der Waals surface area contributed by atoms with Crippen molar-refractivity contribution in [3.63, 3.8) is 0 Å². The predicted molar refractivity (Wildman–Crippen MR) is 328 cm³/mol. The van der Waals surface area contributed by atoms with Gasteiger partial charge in [0.2, 0.25) is 5.91 Å². The van der Waals surface area contributed by atoms with Crippen LogP contribution in [-0.2, 0) is 23.7 Å². The van der Waals surface area contributed by atoms with Gasteiger partial charge in [0.1, 0.15) is 48.8 Å². The number of nitrogens with one attached hydrogen (secondary N) is 1. The SMILES string of the molecule is CCCCCCCCCCCCCCCCCCCCCCCCCCCCCCCCCCCCCCC(=O)NC(COC1OC(CO)C(OC2OC(CO)C(O)C(O)C2O)C(O)C1O)C(O)CCCCCCCCCCCCC. The molecule has 2 aliphatic heterocycles. The van der Waals surface area contributed by atoms with Gasteiger partial charge >= 0.3 is 0 Å². The van der Waals surface area contributed by atoms with E-state index in [1.165, 1.54) is 250 Å². The van der Waals surface area contributed by atoms with Crippen LogP contribution in [0, 0.1) is 0 Å². The van der Waals surface area contributed by atoms with Gasteiger partial charge in [0.25, 0.3) is 0 Å². The van der Waals surface area contributed by atoms with Gasteiger partial charge in [0.15, 0.2) is 12.6 Å². The van der Waals surface area contributed by atoms with Crippen molar-refractivity contribution < 1.29 is 64.6 Å². The normalized spacial score (nSPS) is 24.0. The van der Waals surface area contributed by atoms with E-state index in [2.05, 4.69) is 19.2 Å². The van der Waals surface area contributed by atoms with Crippen LogP contribution in [0.4, 0.5) is 0 Å². The molecule has 2 rings (SSSR count). The van der Waals surface area contributed by atoms with Gasteiger partial charge in [-0.15, -0.1) is 0 Å². The molecule has 0 aromatic carbocycles. The minimum absolute atomic E-state index is 0.200. The second-order valence-electron chi connectivity index (χ2n) is 25.0. The van der Waals surface area contributed by atoms with E-state index >= 15 is 0 Å². The highest BCUT2D eigenvalue weighted by atomic mass is 16.7. The third-order valence-electron chi connectivity index (χ3n) is 17.6. The first-order valence-electron chi connectivity index (χ1n) is 34.8. The fourth-order valence-electron chi connectivity index (χ4n) is 12.0. The van der Waals surface area contributed by atoms with Crippen LogP contribution in [0.15, 0.2) is 0 Å². The van der Waals surface area contributed by atoms with Crippen molar-refractivity contribution in [2.75, 3.05) is 19.8 Å². The Hall–Kier alpha value is -1.01. The summed E-state index contributed by atoms with van der Waals surface area (Å²) in [5, 5.41) is 87.2. The Morgan fingerprint density at radius 3 is 1.05 bits per heavy atom. The number of carbonyl (C=O) groups excluding carboxylic acids is 1. The second kappa shape index (κ2) is 53.2. The van der Waals surface area contributed by atoms with Gasteiger partial charge in [-0.1, -0.05) is 309 Å². The predicted octanol–water partition coefficient (Wildman–Crippen LogP) is 13.6. The Morgan fingerprint density at radius 1 is 0.395 bits per heavy atom. The Morgan fingerprint density at radius 2 is 0.704 bits per heavy atom. The highest BCUT2D eigenvalue weighted by molar-refractivity contribution is 5.76. The fourth-order valence-corrected chi connectivity index (χ4v) is 12.0. The molecule has 81 heavy (non-hydrogen) atoms. The molecule has 2 saturated heterocycles. The smallest absolute Gasteiger partial charge is 0.220 e. The molecule has 2 heterocycles. The van der Waals surface area contributed by atoms with E-state index in [-0.39, 0.29) is 12.5 Å². The van der Waals surface area contributed by atoms with Gasteiger partial charge < -0.3 is 65.1 Å². The molecular weight excluding hydrogens is 1030 g/mol. The average Bonchev–Trinajstić information content (AvgIpc) is 3.46. The number of ether oxygens (including phenoxy) is 4. The maximum Gasteiger partial charge on any atom is 0.220 e. The highest BCUT2D eigenvalue weighted by Gasteiger charge is 2.51. The molecule has 0 spiro atoms.